The van der Waals surface area contributed by atoms with Crippen LogP contribution in [0.5, 0.6) is 0 Å². The SMILES string of the molecule is CCC1N(C(C)C)CCCC12CCNC2. The van der Waals surface area contributed by atoms with E-state index in [4.69, 9.17) is 0 Å². The largest absolute Gasteiger partial charge is 0.316 e. The molecule has 2 heteroatoms. The number of nitrogens with one attached hydrogen (secondary N) is 1. The summed E-state index contributed by atoms with van der Waals surface area (Å²) in [6.07, 6.45) is 5.56. The maximum absolute atomic E-state index is 3.58. The van der Waals surface area contributed by atoms with Crippen LogP contribution in [0.3, 0.4) is 0 Å². The summed E-state index contributed by atoms with van der Waals surface area (Å²) in [5, 5.41) is 3.58. The smallest absolute Gasteiger partial charge is 0.0164 e. The first-order valence-corrected chi connectivity index (χ1v) is 6.66. The van der Waals surface area contributed by atoms with Crippen molar-refractivity contribution in [2.45, 2.75) is 58.5 Å². The van der Waals surface area contributed by atoms with E-state index in [1.807, 2.05) is 0 Å². The standard InChI is InChI=1S/C13H26N2/c1-4-12-13(7-8-14-10-13)6-5-9-15(12)11(2)3/h11-12,14H,4-10H2,1-3H3. The zero-order valence-electron chi connectivity index (χ0n) is 10.6. The first kappa shape index (κ1) is 11.4. The lowest BCUT2D eigenvalue weighted by atomic mass is 9.71. The molecule has 1 spiro atoms. The molecule has 2 atom stereocenters. The Balaban J connectivity index is 2.16. The molecule has 2 rings (SSSR count). The van der Waals surface area contributed by atoms with Crippen LogP contribution in [0.2, 0.25) is 0 Å². The summed E-state index contributed by atoms with van der Waals surface area (Å²) in [7, 11) is 0. The Labute approximate surface area is 94.4 Å². The van der Waals surface area contributed by atoms with Crippen LogP contribution in [0.15, 0.2) is 0 Å². The number of rotatable bonds is 2. The highest BCUT2D eigenvalue weighted by Gasteiger charge is 2.45. The Morgan fingerprint density at radius 1 is 1.40 bits per heavy atom. The quantitative estimate of drug-likeness (QED) is 0.752. The second-order valence-electron chi connectivity index (χ2n) is 5.65. The van der Waals surface area contributed by atoms with Gasteiger partial charge in [-0.3, -0.25) is 4.90 Å². The highest BCUT2D eigenvalue weighted by molar-refractivity contribution is 5.00. The second kappa shape index (κ2) is 4.42. The molecule has 2 saturated heterocycles. The van der Waals surface area contributed by atoms with Crippen molar-refractivity contribution in [3.63, 3.8) is 0 Å². The summed E-state index contributed by atoms with van der Waals surface area (Å²) in [5.41, 5.74) is 0.608. The Morgan fingerprint density at radius 3 is 2.73 bits per heavy atom. The molecule has 0 aromatic heterocycles. The molecule has 0 aromatic carbocycles. The Bertz CT molecular complexity index is 207. The maximum atomic E-state index is 3.58. The lowest BCUT2D eigenvalue weighted by Crippen LogP contribution is -2.55. The number of piperidine rings is 1. The Hall–Kier alpha value is -0.0800. The van der Waals surface area contributed by atoms with Gasteiger partial charge in [0.25, 0.3) is 0 Å². The fourth-order valence-corrected chi connectivity index (χ4v) is 3.83. The molecule has 2 aliphatic rings. The molecule has 2 fully saturated rings. The number of hydrogen-bond acceptors (Lipinski definition) is 2. The van der Waals surface area contributed by atoms with Crippen LogP contribution < -0.4 is 5.32 Å². The number of nitrogens with zero attached hydrogens (tertiary/aromatic N) is 1. The van der Waals surface area contributed by atoms with Crippen molar-refractivity contribution in [3.05, 3.63) is 0 Å². The monoisotopic (exact) mass is 210 g/mol. The topological polar surface area (TPSA) is 15.3 Å². The van der Waals surface area contributed by atoms with Gasteiger partial charge in [-0.2, -0.15) is 0 Å². The summed E-state index contributed by atoms with van der Waals surface area (Å²) >= 11 is 0. The minimum Gasteiger partial charge on any atom is -0.316 e. The van der Waals surface area contributed by atoms with Crippen LogP contribution in [0.25, 0.3) is 0 Å². The van der Waals surface area contributed by atoms with Crippen molar-refractivity contribution in [1.29, 1.82) is 0 Å². The van der Waals surface area contributed by atoms with Gasteiger partial charge in [0.15, 0.2) is 0 Å². The predicted octanol–water partition coefficient (Wildman–Crippen LogP) is 2.25. The van der Waals surface area contributed by atoms with Crippen LogP contribution in [-0.4, -0.2) is 36.6 Å². The van der Waals surface area contributed by atoms with E-state index in [-0.39, 0.29) is 0 Å². The van der Waals surface area contributed by atoms with E-state index in [9.17, 15) is 0 Å². The Kier molecular flexibility index (Phi) is 3.36. The molecule has 0 bridgehead atoms. The molecule has 0 radical (unpaired) electrons. The molecular weight excluding hydrogens is 184 g/mol. The van der Waals surface area contributed by atoms with Gasteiger partial charge in [0.2, 0.25) is 0 Å². The summed E-state index contributed by atoms with van der Waals surface area (Å²) < 4.78 is 0. The zero-order valence-corrected chi connectivity index (χ0v) is 10.6. The van der Waals surface area contributed by atoms with Crippen LogP contribution in [0, 0.1) is 5.41 Å². The molecule has 0 aliphatic carbocycles. The number of likely N-dealkylation sites (tertiary alicyclic amines) is 1. The first-order valence-electron chi connectivity index (χ1n) is 6.66. The summed E-state index contributed by atoms with van der Waals surface area (Å²) in [4.78, 5) is 2.75. The van der Waals surface area contributed by atoms with Crippen molar-refractivity contribution >= 4 is 0 Å². The maximum Gasteiger partial charge on any atom is 0.0164 e. The van der Waals surface area contributed by atoms with Crippen LogP contribution in [-0.2, 0) is 0 Å². The van der Waals surface area contributed by atoms with Crippen LogP contribution >= 0.6 is 0 Å². The average Bonchev–Trinajstić information content (AvgIpc) is 2.66. The minimum atomic E-state index is 0.608. The van der Waals surface area contributed by atoms with Crippen molar-refractivity contribution in [2.24, 2.45) is 5.41 Å². The van der Waals surface area contributed by atoms with Gasteiger partial charge in [0.05, 0.1) is 0 Å². The van der Waals surface area contributed by atoms with Gasteiger partial charge < -0.3 is 5.32 Å². The van der Waals surface area contributed by atoms with Gasteiger partial charge in [-0.1, -0.05) is 6.92 Å². The summed E-state index contributed by atoms with van der Waals surface area (Å²) in [6.45, 7) is 10.9. The van der Waals surface area contributed by atoms with Gasteiger partial charge >= 0.3 is 0 Å². The average molecular weight is 210 g/mol. The van der Waals surface area contributed by atoms with E-state index < -0.39 is 0 Å². The summed E-state index contributed by atoms with van der Waals surface area (Å²) in [6, 6.07) is 1.54. The third-order valence-electron chi connectivity index (χ3n) is 4.52. The molecule has 88 valence electrons. The van der Waals surface area contributed by atoms with Gasteiger partial charge in [-0.25, -0.2) is 0 Å². The predicted molar refractivity (Wildman–Crippen MR) is 65.1 cm³/mol. The van der Waals surface area contributed by atoms with E-state index >= 15 is 0 Å². The normalized spacial score (nSPS) is 38.0. The second-order valence-corrected chi connectivity index (χ2v) is 5.65. The van der Waals surface area contributed by atoms with E-state index in [0.717, 1.165) is 6.04 Å². The lowest BCUT2D eigenvalue weighted by molar-refractivity contribution is 0.00298. The minimum absolute atomic E-state index is 0.608. The van der Waals surface area contributed by atoms with Gasteiger partial charge in [-0.05, 0) is 58.0 Å². The van der Waals surface area contributed by atoms with E-state index in [2.05, 4.69) is 31.0 Å². The van der Waals surface area contributed by atoms with Gasteiger partial charge in [-0.15, -0.1) is 0 Å². The zero-order chi connectivity index (χ0) is 10.9. The van der Waals surface area contributed by atoms with E-state index in [1.165, 1.54) is 45.3 Å². The van der Waals surface area contributed by atoms with Crippen molar-refractivity contribution < 1.29 is 0 Å². The summed E-state index contributed by atoms with van der Waals surface area (Å²) in [5.74, 6) is 0. The highest BCUT2D eigenvalue weighted by Crippen LogP contribution is 2.42. The Morgan fingerprint density at radius 2 is 2.20 bits per heavy atom. The molecule has 1 N–H and O–H groups in total. The molecule has 15 heavy (non-hydrogen) atoms. The van der Waals surface area contributed by atoms with Gasteiger partial charge in [0.1, 0.15) is 0 Å². The fraction of sp³-hybridized carbons (Fsp3) is 1.00. The van der Waals surface area contributed by atoms with Crippen molar-refractivity contribution in [3.8, 4) is 0 Å². The molecular formula is C13H26N2. The van der Waals surface area contributed by atoms with E-state index in [1.54, 1.807) is 0 Å². The lowest BCUT2D eigenvalue weighted by Gasteiger charge is -2.49. The molecule has 2 unspecified atom stereocenters. The van der Waals surface area contributed by atoms with Gasteiger partial charge in [0, 0.05) is 18.6 Å². The third-order valence-corrected chi connectivity index (χ3v) is 4.52. The first-order chi connectivity index (χ1) is 7.19. The molecule has 0 amide bonds. The molecule has 2 heterocycles. The molecule has 2 nitrogen and oxygen atoms in total. The number of hydrogen-bond donors (Lipinski definition) is 1. The van der Waals surface area contributed by atoms with Crippen LogP contribution in [0.1, 0.15) is 46.5 Å². The van der Waals surface area contributed by atoms with E-state index in [0.29, 0.717) is 11.5 Å². The molecule has 2 aliphatic heterocycles. The highest BCUT2D eigenvalue weighted by atomic mass is 15.2. The van der Waals surface area contributed by atoms with Crippen molar-refractivity contribution in [2.75, 3.05) is 19.6 Å². The van der Waals surface area contributed by atoms with Crippen molar-refractivity contribution in [1.82, 2.24) is 10.2 Å². The molecule has 0 aromatic rings. The third kappa shape index (κ3) is 1.94. The molecule has 0 saturated carbocycles. The van der Waals surface area contributed by atoms with Crippen LogP contribution in [0.4, 0.5) is 0 Å². The fourth-order valence-electron chi connectivity index (χ4n) is 3.83.